The summed E-state index contributed by atoms with van der Waals surface area (Å²) in [6, 6.07) is 3.93. The number of nitrogens with two attached hydrogens (primary N) is 1. The molecule has 1 aromatic heterocycles. The van der Waals surface area contributed by atoms with Crippen molar-refractivity contribution >= 4 is 28.2 Å². The molecule has 0 aliphatic carbocycles. The number of ether oxygens (including phenoxy) is 2. The lowest BCUT2D eigenvalue weighted by molar-refractivity contribution is 0.174. The second kappa shape index (κ2) is 5.12. The van der Waals surface area contributed by atoms with E-state index in [4.69, 9.17) is 32.4 Å². The van der Waals surface area contributed by atoms with E-state index in [0.29, 0.717) is 11.5 Å². The number of thiocarbonyl (C=S) groups is 1. The van der Waals surface area contributed by atoms with Crippen LogP contribution in [-0.4, -0.2) is 21.3 Å². The molecule has 1 unspecified atom stereocenters. The van der Waals surface area contributed by atoms with Crippen molar-refractivity contribution in [3.8, 4) is 11.5 Å². The molecule has 118 valence electrons. The predicted molar refractivity (Wildman–Crippen MR) is 90.5 cm³/mol. The molecule has 0 saturated heterocycles. The Morgan fingerprint density at radius 2 is 2.00 bits per heavy atom. The van der Waals surface area contributed by atoms with E-state index < -0.39 is 0 Å². The molecule has 0 radical (unpaired) electrons. The molecule has 2 aromatic rings. The number of rotatable bonds is 3. The highest BCUT2D eigenvalue weighted by molar-refractivity contribution is 7.80. The zero-order valence-electron chi connectivity index (χ0n) is 13.3. The first-order valence-electron chi connectivity index (χ1n) is 7.37. The summed E-state index contributed by atoms with van der Waals surface area (Å²) < 4.78 is 13.1. The maximum atomic E-state index is 5.80. The fourth-order valence-corrected chi connectivity index (χ4v) is 2.71. The molecule has 0 saturated carbocycles. The zero-order valence-corrected chi connectivity index (χ0v) is 14.2. The monoisotopic (exact) mass is 319 g/mol. The molecular formula is C16H21N3O2S. The lowest BCUT2D eigenvalue weighted by Gasteiger charge is -2.22. The maximum Gasteiger partial charge on any atom is 0.231 e. The van der Waals surface area contributed by atoms with Gasteiger partial charge in [0.25, 0.3) is 0 Å². The topological polar surface area (TPSA) is 62.3 Å². The number of aromatic nitrogens is 2. The van der Waals surface area contributed by atoms with Gasteiger partial charge in [0.05, 0.1) is 16.0 Å². The van der Waals surface area contributed by atoms with Crippen LogP contribution < -0.4 is 15.2 Å². The van der Waals surface area contributed by atoms with E-state index in [-0.39, 0.29) is 18.1 Å². The van der Waals surface area contributed by atoms with Crippen molar-refractivity contribution < 1.29 is 9.47 Å². The first-order valence-corrected chi connectivity index (χ1v) is 7.78. The van der Waals surface area contributed by atoms with E-state index in [1.807, 2.05) is 19.1 Å². The highest BCUT2D eigenvalue weighted by atomic mass is 32.1. The summed E-state index contributed by atoms with van der Waals surface area (Å²) in [6.07, 6.45) is 0. The van der Waals surface area contributed by atoms with Crippen LogP contribution in [0.15, 0.2) is 12.1 Å². The molecule has 1 atom stereocenters. The summed E-state index contributed by atoms with van der Waals surface area (Å²) in [5.74, 6) is 2.62. The average Bonchev–Trinajstić information content (AvgIpc) is 2.99. The minimum atomic E-state index is -0.0822. The van der Waals surface area contributed by atoms with E-state index in [1.54, 1.807) is 0 Å². The van der Waals surface area contributed by atoms with Gasteiger partial charge in [-0.05, 0) is 0 Å². The van der Waals surface area contributed by atoms with Crippen LogP contribution in [0.1, 0.15) is 33.5 Å². The van der Waals surface area contributed by atoms with Crippen LogP contribution >= 0.6 is 12.2 Å². The maximum absolute atomic E-state index is 5.80. The van der Waals surface area contributed by atoms with E-state index in [2.05, 4.69) is 25.3 Å². The Bertz CT molecular complexity index is 746. The van der Waals surface area contributed by atoms with Crippen molar-refractivity contribution in [3.63, 3.8) is 0 Å². The Labute approximate surface area is 135 Å². The summed E-state index contributed by atoms with van der Waals surface area (Å²) in [6.45, 7) is 9.45. The van der Waals surface area contributed by atoms with Gasteiger partial charge in [0.1, 0.15) is 5.82 Å². The third-order valence-corrected chi connectivity index (χ3v) is 4.26. The normalized spacial score (nSPS) is 15.3. The second-order valence-corrected chi connectivity index (χ2v) is 7.27. The first kappa shape index (κ1) is 15.1. The van der Waals surface area contributed by atoms with Crippen LogP contribution in [0, 0.1) is 5.92 Å². The molecule has 0 fully saturated rings. The average molecular weight is 319 g/mol. The SMILES string of the molecule is CC(Cn1c(C(C)(C)C)nc2cc3c(cc21)OCO3)C(N)=S. The quantitative estimate of drug-likeness (QED) is 0.881. The van der Waals surface area contributed by atoms with Crippen molar-refractivity contribution in [1.29, 1.82) is 0 Å². The molecule has 2 N–H and O–H groups in total. The summed E-state index contributed by atoms with van der Waals surface area (Å²) in [7, 11) is 0. The van der Waals surface area contributed by atoms with E-state index in [0.717, 1.165) is 28.4 Å². The van der Waals surface area contributed by atoms with Crippen LogP contribution in [0.3, 0.4) is 0 Å². The van der Waals surface area contributed by atoms with Gasteiger partial charge in [-0.2, -0.15) is 0 Å². The molecular weight excluding hydrogens is 298 g/mol. The Hall–Kier alpha value is -1.82. The van der Waals surface area contributed by atoms with Gasteiger partial charge >= 0.3 is 0 Å². The summed E-state index contributed by atoms with van der Waals surface area (Å²) in [5, 5.41) is 0. The highest BCUT2D eigenvalue weighted by Crippen LogP contribution is 2.38. The smallest absolute Gasteiger partial charge is 0.231 e. The Morgan fingerprint density at radius 1 is 1.36 bits per heavy atom. The Morgan fingerprint density at radius 3 is 2.59 bits per heavy atom. The van der Waals surface area contributed by atoms with Crippen LogP contribution in [0.2, 0.25) is 0 Å². The predicted octanol–water partition coefficient (Wildman–Crippen LogP) is 2.98. The summed E-state index contributed by atoms with van der Waals surface area (Å²) in [4.78, 5) is 5.33. The van der Waals surface area contributed by atoms with Gasteiger partial charge in [0.2, 0.25) is 6.79 Å². The molecule has 1 aromatic carbocycles. The molecule has 22 heavy (non-hydrogen) atoms. The number of hydrogen-bond acceptors (Lipinski definition) is 4. The van der Waals surface area contributed by atoms with Crippen molar-refractivity contribution in [2.75, 3.05) is 6.79 Å². The lowest BCUT2D eigenvalue weighted by atomic mass is 9.95. The summed E-state index contributed by atoms with van der Waals surface area (Å²) >= 11 is 5.13. The van der Waals surface area contributed by atoms with Gasteiger partial charge in [-0.1, -0.05) is 39.9 Å². The van der Waals surface area contributed by atoms with E-state index in [9.17, 15) is 0 Å². The van der Waals surface area contributed by atoms with Crippen molar-refractivity contribution in [2.45, 2.75) is 39.7 Å². The Kier molecular flexibility index (Phi) is 3.51. The fraction of sp³-hybridized carbons (Fsp3) is 0.500. The van der Waals surface area contributed by atoms with Crippen molar-refractivity contribution in [3.05, 3.63) is 18.0 Å². The number of hydrogen-bond donors (Lipinski definition) is 1. The number of imidazole rings is 1. The minimum Gasteiger partial charge on any atom is -0.454 e. The van der Waals surface area contributed by atoms with E-state index >= 15 is 0 Å². The number of benzene rings is 1. The molecule has 3 rings (SSSR count). The van der Waals surface area contributed by atoms with Crippen LogP contribution in [-0.2, 0) is 12.0 Å². The Balaban J connectivity index is 2.18. The zero-order chi connectivity index (χ0) is 16.1. The molecule has 1 aliphatic rings. The van der Waals surface area contributed by atoms with E-state index in [1.165, 1.54) is 0 Å². The third-order valence-electron chi connectivity index (χ3n) is 3.86. The van der Waals surface area contributed by atoms with Gasteiger partial charge < -0.3 is 19.8 Å². The van der Waals surface area contributed by atoms with Gasteiger partial charge in [-0.15, -0.1) is 0 Å². The largest absolute Gasteiger partial charge is 0.454 e. The molecule has 2 heterocycles. The van der Waals surface area contributed by atoms with Gasteiger partial charge in [0.15, 0.2) is 11.5 Å². The molecule has 1 aliphatic heterocycles. The highest BCUT2D eigenvalue weighted by Gasteiger charge is 2.26. The first-order chi connectivity index (χ1) is 10.3. The minimum absolute atomic E-state index is 0.0822. The van der Waals surface area contributed by atoms with Crippen LogP contribution in [0.4, 0.5) is 0 Å². The lowest BCUT2D eigenvalue weighted by Crippen LogP contribution is -2.26. The van der Waals surface area contributed by atoms with Crippen LogP contribution in [0.5, 0.6) is 11.5 Å². The fourth-order valence-electron chi connectivity index (χ4n) is 2.64. The molecule has 0 spiro atoms. The standard InChI is InChI=1S/C16H21N3O2S/c1-9(14(17)22)7-19-11-6-13-12(20-8-21-13)5-10(11)18-15(19)16(2,3)4/h5-6,9H,7-8H2,1-4H3,(H2,17,22). The summed E-state index contributed by atoms with van der Waals surface area (Å²) in [5.41, 5.74) is 7.65. The van der Waals surface area contributed by atoms with Crippen molar-refractivity contribution in [1.82, 2.24) is 9.55 Å². The van der Waals surface area contributed by atoms with Gasteiger partial charge in [-0.3, -0.25) is 0 Å². The molecule has 5 nitrogen and oxygen atoms in total. The van der Waals surface area contributed by atoms with Gasteiger partial charge in [0, 0.05) is 30.0 Å². The molecule has 6 heteroatoms. The third kappa shape index (κ3) is 2.52. The molecule has 0 amide bonds. The van der Waals surface area contributed by atoms with Gasteiger partial charge in [-0.25, -0.2) is 4.98 Å². The number of nitrogens with zero attached hydrogens (tertiary/aromatic N) is 2. The van der Waals surface area contributed by atoms with Crippen molar-refractivity contribution in [2.24, 2.45) is 11.7 Å². The second-order valence-electron chi connectivity index (χ2n) is 6.79. The molecule has 0 bridgehead atoms. The van der Waals surface area contributed by atoms with Crippen LogP contribution in [0.25, 0.3) is 11.0 Å². The number of fused-ring (bicyclic) bond motifs is 2.